The minimum Gasteiger partial charge on any atom is -0.388 e. The summed E-state index contributed by atoms with van der Waals surface area (Å²) in [6.45, 7) is 7.63. The van der Waals surface area contributed by atoms with Gasteiger partial charge in [0, 0.05) is 23.7 Å². The summed E-state index contributed by atoms with van der Waals surface area (Å²) in [5.74, 6) is 0. The lowest BCUT2D eigenvalue weighted by Crippen LogP contribution is -2.53. The quantitative estimate of drug-likeness (QED) is 0.922. The highest BCUT2D eigenvalue weighted by Gasteiger charge is 2.30. The third-order valence-corrected chi connectivity index (χ3v) is 4.10. The monoisotopic (exact) mass is 283 g/mol. The van der Waals surface area contributed by atoms with Gasteiger partial charge in [-0.05, 0) is 31.9 Å². The van der Waals surface area contributed by atoms with E-state index in [4.69, 9.17) is 16.3 Å². The van der Waals surface area contributed by atoms with Crippen molar-refractivity contribution in [2.75, 3.05) is 26.3 Å². The van der Waals surface area contributed by atoms with Crippen LogP contribution in [0, 0.1) is 0 Å². The van der Waals surface area contributed by atoms with Crippen LogP contribution in [0.5, 0.6) is 0 Å². The minimum absolute atomic E-state index is 0.0401. The second-order valence-corrected chi connectivity index (χ2v) is 6.09. The molecule has 0 aromatic heterocycles. The molecule has 1 saturated heterocycles. The maximum Gasteiger partial charge on any atom is 0.0816 e. The van der Waals surface area contributed by atoms with Gasteiger partial charge in [0.15, 0.2) is 0 Å². The Balaban J connectivity index is 1.93. The molecule has 106 valence electrons. The van der Waals surface area contributed by atoms with Crippen LogP contribution in [0.2, 0.25) is 5.02 Å². The number of hydrogen-bond donors (Lipinski definition) is 1. The van der Waals surface area contributed by atoms with Crippen LogP contribution in [0.15, 0.2) is 24.3 Å². The molecule has 1 fully saturated rings. The van der Waals surface area contributed by atoms with Gasteiger partial charge >= 0.3 is 0 Å². The van der Waals surface area contributed by atoms with Gasteiger partial charge < -0.3 is 9.84 Å². The smallest absolute Gasteiger partial charge is 0.0816 e. The molecule has 1 aliphatic heterocycles. The number of aliphatic hydroxyl groups is 1. The van der Waals surface area contributed by atoms with Crippen LogP contribution in [0.4, 0.5) is 0 Å². The largest absolute Gasteiger partial charge is 0.388 e. The second kappa shape index (κ2) is 6.23. The molecule has 0 radical (unpaired) electrons. The van der Waals surface area contributed by atoms with Crippen LogP contribution in [0.1, 0.15) is 31.9 Å². The molecule has 1 N–H and O–H groups in total. The third-order valence-electron chi connectivity index (χ3n) is 3.75. The fourth-order valence-electron chi connectivity index (χ4n) is 2.48. The zero-order valence-electron chi connectivity index (χ0n) is 11.6. The molecular weight excluding hydrogens is 262 g/mol. The Bertz CT molecular complexity index is 422. The molecule has 1 heterocycles. The zero-order valence-corrected chi connectivity index (χ0v) is 12.4. The van der Waals surface area contributed by atoms with Crippen molar-refractivity contribution in [3.63, 3.8) is 0 Å². The molecule has 0 bridgehead atoms. The zero-order chi connectivity index (χ0) is 13.9. The first-order valence-electron chi connectivity index (χ1n) is 6.76. The van der Waals surface area contributed by atoms with Crippen molar-refractivity contribution in [1.82, 2.24) is 4.90 Å². The van der Waals surface area contributed by atoms with E-state index < -0.39 is 6.10 Å². The van der Waals surface area contributed by atoms with Crippen LogP contribution < -0.4 is 0 Å². The highest BCUT2D eigenvalue weighted by atomic mass is 35.5. The van der Waals surface area contributed by atoms with Gasteiger partial charge in [-0.15, -0.1) is 0 Å². The summed E-state index contributed by atoms with van der Waals surface area (Å²) < 4.78 is 5.50. The van der Waals surface area contributed by atoms with Crippen LogP contribution in [0.25, 0.3) is 0 Å². The molecule has 1 aromatic rings. The first-order valence-corrected chi connectivity index (χ1v) is 7.14. The van der Waals surface area contributed by atoms with Crippen molar-refractivity contribution < 1.29 is 9.84 Å². The van der Waals surface area contributed by atoms with Crippen molar-refractivity contribution >= 4 is 11.6 Å². The standard InChI is InChI=1S/C15H22ClNO2/c1-15(2)11-19-10-9-17(15)8-7-14(18)12-5-3-4-6-13(12)16/h3-6,14,18H,7-11H2,1-2H3. The van der Waals surface area contributed by atoms with Crippen molar-refractivity contribution in [1.29, 1.82) is 0 Å². The van der Waals surface area contributed by atoms with Gasteiger partial charge in [0.2, 0.25) is 0 Å². The number of hydrogen-bond acceptors (Lipinski definition) is 3. The number of benzene rings is 1. The average molecular weight is 284 g/mol. The summed E-state index contributed by atoms with van der Waals surface area (Å²) in [5.41, 5.74) is 0.855. The van der Waals surface area contributed by atoms with E-state index in [2.05, 4.69) is 18.7 Å². The molecular formula is C15H22ClNO2. The van der Waals surface area contributed by atoms with Crippen molar-refractivity contribution in [3.8, 4) is 0 Å². The first kappa shape index (κ1) is 14.8. The van der Waals surface area contributed by atoms with Crippen molar-refractivity contribution in [2.24, 2.45) is 0 Å². The van der Waals surface area contributed by atoms with E-state index in [1.54, 1.807) is 0 Å². The molecule has 4 heteroatoms. The van der Waals surface area contributed by atoms with Gasteiger partial charge in [-0.25, -0.2) is 0 Å². The van der Waals surface area contributed by atoms with Gasteiger partial charge in [-0.2, -0.15) is 0 Å². The van der Waals surface area contributed by atoms with Gasteiger partial charge in [0.1, 0.15) is 0 Å². The third kappa shape index (κ3) is 3.69. The number of aliphatic hydroxyl groups excluding tert-OH is 1. The Labute approximate surface area is 120 Å². The molecule has 0 spiro atoms. The second-order valence-electron chi connectivity index (χ2n) is 5.68. The minimum atomic E-state index is -0.507. The normalized spacial score (nSPS) is 21.3. The lowest BCUT2D eigenvalue weighted by atomic mass is 10.0. The van der Waals surface area contributed by atoms with Crippen LogP contribution >= 0.6 is 11.6 Å². The van der Waals surface area contributed by atoms with E-state index in [-0.39, 0.29) is 5.54 Å². The van der Waals surface area contributed by atoms with Gasteiger partial charge in [-0.3, -0.25) is 4.90 Å². The van der Waals surface area contributed by atoms with Crippen LogP contribution in [-0.4, -0.2) is 41.8 Å². The number of morpholine rings is 1. The molecule has 1 atom stereocenters. The molecule has 19 heavy (non-hydrogen) atoms. The molecule has 0 amide bonds. The predicted molar refractivity (Wildman–Crippen MR) is 77.5 cm³/mol. The van der Waals surface area contributed by atoms with E-state index in [0.717, 1.165) is 31.9 Å². The Morgan fingerprint density at radius 2 is 2.16 bits per heavy atom. The summed E-state index contributed by atoms with van der Waals surface area (Å²) in [5, 5.41) is 10.9. The van der Waals surface area contributed by atoms with Gasteiger partial charge in [0.05, 0.1) is 19.3 Å². The fraction of sp³-hybridized carbons (Fsp3) is 0.600. The predicted octanol–water partition coefficient (Wildman–Crippen LogP) is 2.87. The topological polar surface area (TPSA) is 32.7 Å². The Kier molecular flexibility index (Phi) is 4.85. The summed E-state index contributed by atoms with van der Waals surface area (Å²) >= 11 is 6.10. The van der Waals surface area contributed by atoms with E-state index in [1.165, 1.54) is 0 Å². The van der Waals surface area contributed by atoms with Crippen LogP contribution in [-0.2, 0) is 4.74 Å². The van der Waals surface area contributed by atoms with E-state index >= 15 is 0 Å². The Morgan fingerprint density at radius 3 is 2.84 bits per heavy atom. The molecule has 2 rings (SSSR count). The molecule has 0 saturated carbocycles. The fourth-order valence-corrected chi connectivity index (χ4v) is 2.75. The lowest BCUT2D eigenvalue weighted by Gasteiger charge is -2.42. The van der Waals surface area contributed by atoms with E-state index in [1.807, 2.05) is 24.3 Å². The van der Waals surface area contributed by atoms with Crippen LogP contribution in [0.3, 0.4) is 0 Å². The van der Waals surface area contributed by atoms with Crippen molar-refractivity contribution in [2.45, 2.75) is 31.9 Å². The summed E-state index contributed by atoms with van der Waals surface area (Å²) in [4.78, 5) is 2.37. The van der Waals surface area contributed by atoms with E-state index in [0.29, 0.717) is 11.4 Å². The first-order chi connectivity index (χ1) is 9.00. The van der Waals surface area contributed by atoms with Crippen molar-refractivity contribution in [3.05, 3.63) is 34.9 Å². The summed E-state index contributed by atoms with van der Waals surface area (Å²) in [7, 11) is 0. The number of rotatable bonds is 4. The number of halogens is 1. The molecule has 3 nitrogen and oxygen atoms in total. The van der Waals surface area contributed by atoms with E-state index in [9.17, 15) is 5.11 Å². The van der Waals surface area contributed by atoms with Gasteiger partial charge in [0.25, 0.3) is 0 Å². The molecule has 1 aromatic carbocycles. The molecule has 1 aliphatic rings. The highest BCUT2D eigenvalue weighted by Crippen LogP contribution is 2.26. The highest BCUT2D eigenvalue weighted by molar-refractivity contribution is 6.31. The molecule has 0 aliphatic carbocycles. The SMILES string of the molecule is CC1(C)COCCN1CCC(O)c1ccccc1Cl. The number of nitrogens with zero attached hydrogens (tertiary/aromatic N) is 1. The maximum atomic E-state index is 10.3. The summed E-state index contributed by atoms with van der Waals surface area (Å²) in [6.07, 6.45) is 0.181. The number of ether oxygens (including phenoxy) is 1. The molecule has 1 unspecified atom stereocenters. The Hall–Kier alpha value is -0.610. The Morgan fingerprint density at radius 1 is 1.42 bits per heavy atom. The van der Waals surface area contributed by atoms with Gasteiger partial charge in [-0.1, -0.05) is 29.8 Å². The lowest BCUT2D eigenvalue weighted by molar-refractivity contribution is -0.0552. The summed E-state index contributed by atoms with van der Waals surface area (Å²) in [6, 6.07) is 7.49. The maximum absolute atomic E-state index is 10.3. The average Bonchev–Trinajstić information content (AvgIpc) is 2.37.